The van der Waals surface area contributed by atoms with Gasteiger partial charge in [-0.25, -0.2) is 18.3 Å². The first-order chi connectivity index (χ1) is 18.1. The molecule has 0 saturated carbocycles. The number of piperidine rings is 1. The number of amides is 2. The fraction of sp³-hybridized carbons (Fsp3) is 0.393. The number of hydrogen-bond donors (Lipinski definition) is 1. The summed E-state index contributed by atoms with van der Waals surface area (Å²) in [7, 11) is 1.56. The topological polar surface area (TPSA) is 85.7 Å². The number of ether oxygens (including phenoxy) is 2. The molecule has 10 heteroatoms. The Morgan fingerprint density at radius 2 is 1.82 bits per heavy atom. The van der Waals surface area contributed by atoms with Gasteiger partial charge in [0.2, 0.25) is 0 Å². The molecule has 0 bridgehead atoms. The number of halogens is 2. The molecule has 2 amide bonds. The number of para-hydroxylation sites is 1. The molecule has 1 aromatic heterocycles. The van der Waals surface area contributed by atoms with Gasteiger partial charge in [0.25, 0.3) is 5.91 Å². The molecule has 0 unspecified atom stereocenters. The maximum absolute atomic E-state index is 14.8. The monoisotopic (exact) mass is 526 g/mol. The molecular weight excluding hydrogens is 494 g/mol. The fourth-order valence-electron chi connectivity index (χ4n) is 4.55. The van der Waals surface area contributed by atoms with E-state index in [0.717, 1.165) is 17.7 Å². The summed E-state index contributed by atoms with van der Waals surface area (Å²) in [6.45, 7) is 6.45. The molecule has 1 fully saturated rings. The van der Waals surface area contributed by atoms with Gasteiger partial charge in [-0.15, -0.1) is 0 Å². The Bertz CT molecular complexity index is 1310. The van der Waals surface area contributed by atoms with Crippen molar-refractivity contribution in [2.75, 3.05) is 20.2 Å². The highest BCUT2D eigenvalue weighted by molar-refractivity contribution is 5.95. The molecule has 0 aliphatic carbocycles. The molecule has 2 aromatic carbocycles. The lowest BCUT2D eigenvalue weighted by Gasteiger charge is -2.34. The third-order valence-corrected chi connectivity index (χ3v) is 6.35. The maximum Gasteiger partial charge on any atom is 0.410 e. The van der Waals surface area contributed by atoms with Crippen molar-refractivity contribution in [3.63, 3.8) is 0 Å². The van der Waals surface area contributed by atoms with Crippen LogP contribution in [0.3, 0.4) is 0 Å². The summed E-state index contributed by atoms with van der Waals surface area (Å²) in [5.41, 5.74) is 1.03. The van der Waals surface area contributed by atoms with Crippen LogP contribution < -0.4 is 10.1 Å². The second kappa shape index (κ2) is 11.2. The summed E-state index contributed by atoms with van der Waals surface area (Å²) in [6, 6.07) is 10.6. The van der Waals surface area contributed by atoms with Crippen molar-refractivity contribution in [3.8, 4) is 11.4 Å². The van der Waals surface area contributed by atoms with Crippen molar-refractivity contribution >= 4 is 12.0 Å². The molecule has 1 N–H and O–H groups in total. The molecule has 0 atom stereocenters. The zero-order valence-electron chi connectivity index (χ0n) is 22.0. The van der Waals surface area contributed by atoms with E-state index >= 15 is 0 Å². The largest absolute Gasteiger partial charge is 0.496 e. The summed E-state index contributed by atoms with van der Waals surface area (Å²) in [4.78, 5) is 27.5. The van der Waals surface area contributed by atoms with Gasteiger partial charge in [-0.05, 0) is 51.8 Å². The second-order valence-electron chi connectivity index (χ2n) is 10.2. The number of nitrogens with one attached hydrogen (secondary N) is 1. The summed E-state index contributed by atoms with van der Waals surface area (Å²) in [5.74, 6) is -1.43. The average Bonchev–Trinajstić information content (AvgIpc) is 3.31. The SMILES string of the molecule is COc1ccccc1CNC(=O)c1cnn(-c2ccc(F)cc2F)c1C1CCN(C(=O)OC(C)(C)C)CC1. The van der Waals surface area contributed by atoms with Gasteiger partial charge in [0, 0.05) is 37.2 Å². The Labute approximate surface area is 220 Å². The van der Waals surface area contributed by atoms with Gasteiger partial charge < -0.3 is 19.7 Å². The number of likely N-dealkylation sites (tertiary alicyclic amines) is 1. The summed E-state index contributed by atoms with van der Waals surface area (Å²) >= 11 is 0. The normalized spacial score (nSPS) is 14.3. The lowest BCUT2D eigenvalue weighted by molar-refractivity contribution is 0.0203. The van der Waals surface area contributed by atoms with Gasteiger partial charge >= 0.3 is 6.09 Å². The van der Waals surface area contributed by atoms with E-state index in [4.69, 9.17) is 9.47 Å². The summed E-state index contributed by atoms with van der Waals surface area (Å²) < 4.78 is 40.6. The van der Waals surface area contributed by atoms with Crippen molar-refractivity contribution < 1.29 is 27.8 Å². The molecule has 0 spiro atoms. The van der Waals surface area contributed by atoms with Crippen LogP contribution in [0.5, 0.6) is 5.75 Å². The van der Waals surface area contributed by atoms with Crippen LogP contribution in [0.25, 0.3) is 5.69 Å². The highest BCUT2D eigenvalue weighted by Gasteiger charge is 2.32. The van der Waals surface area contributed by atoms with Gasteiger partial charge in [-0.2, -0.15) is 5.10 Å². The molecule has 4 rings (SSSR count). The number of methoxy groups -OCH3 is 1. The number of carbonyl (C=O) groups is 2. The first kappa shape index (κ1) is 27.1. The Morgan fingerprint density at radius 3 is 2.47 bits per heavy atom. The van der Waals surface area contributed by atoms with Crippen LogP contribution in [-0.2, 0) is 11.3 Å². The molecule has 38 heavy (non-hydrogen) atoms. The van der Waals surface area contributed by atoms with Crippen LogP contribution in [0.2, 0.25) is 0 Å². The van der Waals surface area contributed by atoms with Crippen molar-refractivity contribution in [2.45, 2.75) is 51.7 Å². The zero-order chi connectivity index (χ0) is 27.4. The molecule has 1 aliphatic heterocycles. The third-order valence-electron chi connectivity index (χ3n) is 6.35. The quantitative estimate of drug-likeness (QED) is 0.477. The molecule has 8 nitrogen and oxygen atoms in total. The Balaban J connectivity index is 1.61. The van der Waals surface area contributed by atoms with E-state index in [1.54, 1.807) is 18.1 Å². The Kier molecular flexibility index (Phi) is 7.99. The van der Waals surface area contributed by atoms with E-state index in [2.05, 4.69) is 10.4 Å². The number of benzene rings is 2. The Hall–Kier alpha value is -3.95. The average molecular weight is 527 g/mol. The minimum Gasteiger partial charge on any atom is -0.496 e. The standard InChI is InChI=1S/C28H32F2N4O4/c1-28(2,3)38-27(36)33-13-11-18(12-14-33)25-21(17-32-34(25)23-10-9-20(29)15-22(23)30)26(35)31-16-19-7-5-6-8-24(19)37-4/h5-10,15,17-18H,11-14,16H2,1-4H3,(H,31,35). The minimum absolute atomic E-state index is 0.0414. The summed E-state index contributed by atoms with van der Waals surface area (Å²) in [5, 5.41) is 7.23. The first-order valence-corrected chi connectivity index (χ1v) is 12.5. The van der Waals surface area contributed by atoms with E-state index in [-0.39, 0.29) is 24.1 Å². The van der Waals surface area contributed by atoms with Crippen LogP contribution in [-0.4, -0.2) is 52.5 Å². The van der Waals surface area contributed by atoms with Gasteiger partial charge in [-0.3, -0.25) is 4.79 Å². The molecular formula is C28H32F2N4O4. The number of hydrogen-bond acceptors (Lipinski definition) is 5. The zero-order valence-corrected chi connectivity index (χ0v) is 22.0. The van der Waals surface area contributed by atoms with Crippen LogP contribution in [0, 0.1) is 11.6 Å². The number of rotatable bonds is 6. The number of aromatic nitrogens is 2. The maximum atomic E-state index is 14.8. The van der Waals surface area contributed by atoms with E-state index < -0.39 is 23.3 Å². The lowest BCUT2D eigenvalue weighted by atomic mass is 9.90. The van der Waals surface area contributed by atoms with Crippen molar-refractivity contribution in [3.05, 3.63) is 77.1 Å². The predicted octanol–water partition coefficient (Wildman–Crippen LogP) is 5.20. The molecule has 1 aliphatic rings. The fourth-order valence-corrected chi connectivity index (χ4v) is 4.55. The number of nitrogens with zero attached hydrogens (tertiary/aromatic N) is 3. The van der Waals surface area contributed by atoms with Gasteiger partial charge in [0.15, 0.2) is 5.82 Å². The summed E-state index contributed by atoms with van der Waals surface area (Å²) in [6.07, 6.45) is 2.03. The van der Waals surface area contributed by atoms with Gasteiger partial charge in [-0.1, -0.05) is 18.2 Å². The van der Waals surface area contributed by atoms with Crippen LogP contribution in [0.4, 0.5) is 13.6 Å². The van der Waals surface area contributed by atoms with Gasteiger partial charge in [0.05, 0.1) is 24.6 Å². The van der Waals surface area contributed by atoms with Crippen LogP contribution >= 0.6 is 0 Å². The smallest absolute Gasteiger partial charge is 0.410 e. The Morgan fingerprint density at radius 1 is 1.11 bits per heavy atom. The van der Waals surface area contributed by atoms with E-state index in [9.17, 15) is 18.4 Å². The molecule has 1 saturated heterocycles. The number of carbonyl (C=O) groups excluding carboxylic acids is 2. The van der Waals surface area contributed by atoms with Crippen molar-refractivity contribution in [1.82, 2.24) is 20.0 Å². The third kappa shape index (κ3) is 6.12. The van der Waals surface area contributed by atoms with E-state index in [0.29, 0.717) is 42.9 Å². The van der Waals surface area contributed by atoms with Crippen LogP contribution in [0.15, 0.2) is 48.7 Å². The molecule has 202 valence electrons. The van der Waals surface area contributed by atoms with Crippen molar-refractivity contribution in [2.24, 2.45) is 0 Å². The van der Waals surface area contributed by atoms with Crippen LogP contribution in [0.1, 0.15) is 61.1 Å². The minimum atomic E-state index is -0.790. The highest BCUT2D eigenvalue weighted by Crippen LogP contribution is 2.33. The highest BCUT2D eigenvalue weighted by atomic mass is 19.1. The molecule has 2 heterocycles. The van der Waals surface area contributed by atoms with Gasteiger partial charge in [0.1, 0.15) is 22.9 Å². The van der Waals surface area contributed by atoms with E-state index in [1.807, 2.05) is 39.0 Å². The van der Waals surface area contributed by atoms with E-state index in [1.165, 1.54) is 16.9 Å². The second-order valence-corrected chi connectivity index (χ2v) is 10.2. The lowest BCUT2D eigenvalue weighted by Crippen LogP contribution is -2.41. The first-order valence-electron chi connectivity index (χ1n) is 12.5. The van der Waals surface area contributed by atoms with Crippen molar-refractivity contribution in [1.29, 1.82) is 0 Å². The molecule has 3 aromatic rings. The molecule has 0 radical (unpaired) electrons. The predicted molar refractivity (Wildman–Crippen MR) is 137 cm³/mol.